The number of hydrogen-bond donors (Lipinski definition) is 1. The molecule has 0 aromatic carbocycles. The molecule has 4 atom stereocenters. The van der Waals surface area contributed by atoms with Gasteiger partial charge in [-0.1, -0.05) is 12.8 Å². The standard InChI is InChI=1S/C16H28N2O/c1-12(15-10-13-5-6-14(15)9-13)17-16(19)11-18-7-3-2-4-8-18/h12-15H,2-11H2,1H3,(H,17,19). The fourth-order valence-electron chi connectivity index (χ4n) is 4.63. The average molecular weight is 264 g/mol. The Morgan fingerprint density at radius 3 is 2.63 bits per heavy atom. The highest BCUT2D eigenvalue weighted by Crippen LogP contribution is 2.49. The van der Waals surface area contributed by atoms with Crippen LogP contribution in [0.2, 0.25) is 0 Å². The zero-order valence-electron chi connectivity index (χ0n) is 12.2. The molecule has 3 fully saturated rings. The van der Waals surface area contributed by atoms with Crippen molar-refractivity contribution in [2.75, 3.05) is 19.6 Å². The molecule has 3 aliphatic rings. The lowest BCUT2D eigenvalue weighted by Crippen LogP contribution is -2.45. The van der Waals surface area contributed by atoms with Crippen LogP contribution in [0, 0.1) is 17.8 Å². The van der Waals surface area contributed by atoms with Gasteiger partial charge in [-0.15, -0.1) is 0 Å². The minimum absolute atomic E-state index is 0.247. The number of carbonyl (C=O) groups excluding carboxylic acids is 1. The molecule has 2 aliphatic carbocycles. The van der Waals surface area contributed by atoms with Crippen LogP contribution in [0.1, 0.15) is 51.9 Å². The lowest BCUT2D eigenvalue weighted by atomic mass is 9.84. The van der Waals surface area contributed by atoms with Crippen molar-refractivity contribution in [3.05, 3.63) is 0 Å². The van der Waals surface area contributed by atoms with Gasteiger partial charge in [0.15, 0.2) is 0 Å². The van der Waals surface area contributed by atoms with Crippen molar-refractivity contribution in [1.82, 2.24) is 10.2 Å². The van der Waals surface area contributed by atoms with E-state index in [0.717, 1.165) is 30.8 Å². The maximum atomic E-state index is 12.1. The van der Waals surface area contributed by atoms with Crippen molar-refractivity contribution in [3.63, 3.8) is 0 Å². The third kappa shape index (κ3) is 3.13. The molecule has 4 unspecified atom stereocenters. The molecule has 0 radical (unpaired) electrons. The molecule has 0 spiro atoms. The van der Waals surface area contributed by atoms with Crippen molar-refractivity contribution < 1.29 is 4.79 Å². The Morgan fingerprint density at radius 2 is 2.00 bits per heavy atom. The number of rotatable bonds is 4. The molecule has 3 heteroatoms. The topological polar surface area (TPSA) is 32.3 Å². The van der Waals surface area contributed by atoms with Crippen LogP contribution in [-0.4, -0.2) is 36.5 Å². The summed E-state index contributed by atoms with van der Waals surface area (Å²) in [6, 6.07) is 0.382. The zero-order valence-corrected chi connectivity index (χ0v) is 12.2. The highest BCUT2D eigenvalue weighted by Gasteiger charge is 2.42. The van der Waals surface area contributed by atoms with Gasteiger partial charge in [0.25, 0.3) is 0 Å². The molecule has 3 rings (SSSR count). The van der Waals surface area contributed by atoms with Crippen LogP contribution < -0.4 is 5.32 Å². The Hall–Kier alpha value is -0.570. The number of piperidine rings is 1. The molecule has 3 nitrogen and oxygen atoms in total. The number of carbonyl (C=O) groups is 1. The van der Waals surface area contributed by atoms with Crippen LogP contribution in [0.5, 0.6) is 0 Å². The molecular formula is C16H28N2O. The maximum Gasteiger partial charge on any atom is 0.234 e. The lowest BCUT2D eigenvalue weighted by Gasteiger charge is -2.30. The summed E-state index contributed by atoms with van der Waals surface area (Å²) in [5, 5.41) is 3.27. The Labute approximate surface area is 117 Å². The van der Waals surface area contributed by atoms with E-state index in [-0.39, 0.29) is 5.91 Å². The lowest BCUT2D eigenvalue weighted by molar-refractivity contribution is -0.123. The molecule has 1 N–H and O–H groups in total. The van der Waals surface area contributed by atoms with Gasteiger partial charge in [-0.3, -0.25) is 9.69 Å². The molecule has 1 heterocycles. The third-order valence-electron chi connectivity index (χ3n) is 5.64. The van der Waals surface area contributed by atoms with Crippen molar-refractivity contribution in [2.24, 2.45) is 17.8 Å². The minimum atomic E-state index is 0.247. The zero-order chi connectivity index (χ0) is 13.2. The normalized spacial score (nSPS) is 36.4. The SMILES string of the molecule is CC(NC(=O)CN1CCCCC1)C1CC2CCC1C2. The van der Waals surface area contributed by atoms with E-state index in [1.807, 2.05) is 0 Å². The summed E-state index contributed by atoms with van der Waals surface area (Å²) in [6.07, 6.45) is 9.48. The summed E-state index contributed by atoms with van der Waals surface area (Å²) >= 11 is 0. The third-order valence-corrected chi connectivity index (χ3v) is 5.64. The van der Waals surface area contributed by atoms with Gasteiger partial charge in [-0.25, -0.2) is 0 Å². The number of fused-ring (bicyclic) bond motifs is 2. The molecule has 1 saturated heterocycles. The van der Waals surface area contributed by atoms with E-state index in [1.165, 1.54) is 44.9 Å². The molecule has 1 amide bonds. The molecule has 1 aliphatic heterocycles. The van der Waals surface area contributed by atoms with E-state index < -0.39 is 0 Å². The van der Waals surface area contributed by atoms with E-state index in [1.54, 1.807) is 0 Å². The van der Waals surface area contributed by atoms with Gasteiger partial charge in [0.2, 0.25) is 5.91 Å². The van der Waals surface area contributed by atoms with E-state index in [9.17, 15) is 4.79 Å². The number of amides is 1. The Kier molecular flexibility index (Phi) is 4.11. The summed E-state index contributed by atoms with van der Waals surface area (Å²) in [7, 11) is 0. The number of nitrogens with zero attached hydrogens (tertiary/aromatic N) is 1. The summed E-state index contributed by atoms with van der Waals surface area (Å²) in [6.45, 7) is 5.05. The van der Waals surface area contributed by atoms with Crippen LogP contribution in [0.25, 0.3) is 0 Å². The summed E-state index contributed by atoms with van der Waals surface area (Å²) in [5.41, 5.74) is 0. The van der Waals surface area contributed by atoms with Crippen LogP contribution in [0.3, 0.4) is 0 Å². The Bertz CT molecular complexity index is 325. The van der Waals surface area contributed by atoms with E-state index in [4.69, 9.17) is 0 Å². The molecule has 108 valence electrons. The number of nitrogens with one attached hydrogen (secondary N) is 1. The van der Waals surface area contributed by atoms with E-state index in [0.29, 0.717) is 12.6 Å². The molecular weight excluding hydrogens is 236 g/mol. The van der Waals surface area contributed by atoms with E-state index in [2.05, 4.69) is 17.1 Å². The largest absolute Gasteiger partial charge is 0.352 e. The van der Waals surface area contributed by atoms with Crippen molar-refractivity contribution in [3.8, 4) is 0 Å². The Balaban J connectivity index is 1.43. The second-order valence-electron chi connectivity index (χ2n) is 7.03. The van der Waals surface area contributed by atoms with E-state index >= 15 is 0 Å². The molecule has 19 heavy (non-hydrogen) atoms. The van der Waals surface area contributed by atoms with Gasteiger partial charge in [0.05, 0.1) is 6.54 Å². The van der Waals surface area contributed by atoms with Crippen LogP contribution in [0.15, 0.2) is 0 Å². The van der Waals surface area contributed by atoms with Gasteiger partial charge in [0, 0.05) is 6.04 Å². The van der Waals surface area contributed by atoms with Crippen molar-refractivity contribution >= 4 is 5.91 Å². The van der Waals surface area contributed by atoms with Crippen molar-refractivity contribution in [1.29, 1.82) is 0 Å². The predicted molar refractivity (Wildman–Crippen MR) is 76.8 cm³/mol. The average Bonchev–Trinajstić information content (AvgIpc) is 3.02. The minimum Gasteiger partial charge on any atom is -0.352 e. The summed E-state index contributed by atoms with van der Waals surface area (Å²) < 4.78 is 0. The highest BCUT2D eigenvalue weighted by atomic mass is 16.2. The highest BCUT2D eigenvalue weighted by molar-refractivity contribution is 5.78. The van der Waals surface area contributed by atoms with Gasteiger partial charge in [0.1, 0.15) is 0 Å². The first-order chi connectivity index (χ1) is 9.22. The first-order valence-electron chi connectivity index (χ1n) is 8.24. The fraction of sp³-hybridized carbons (Fsp3) is 0.938. The molecule has 0 aromatic rings. The second kappa shape index (κ2) is 5.82. The number of likely N-dealkylation sites (tertiary alicyclic amines) is 1. The summed E-state index contributed by atoms with van der Waals surface area (Å²) in [5.74, 6) is 2.87. The molecule has 0 aromatic heterocycles. The first kappa shape index (κ1) is 13.4. The smallest absolute Gasteiger partial charge is 0.234 e. The van der Waals surface area contributed by atoms with Gasteiger partial charge < -0.3 is 5.32 Å². The van der Waals surface area contributed by atoms with Crippen LogP contribution >= 0.6 is 0 Å². The quantitative estimate of drug-likeness (QED) is 0.845. The van der Waals surface area contributed by atoms with Crippen LogP contribution in [-0.2, 0) is 4.79 Å². The summed E-state index contributed by atoms with van der Waals surface area (Å²) in [4.78, 5) is 14.4. The van der Waals surface area contributed by atoms with Gasteiger partial charge in [-0.2, -0.15) is 0 Å². The maximum absolute atomic E-state index is 12.1. The Morgan fingerprint density at radius 1 is 1.21 bits per heavy atom. The molecule has 2 bridgehead atoms. The number of hydrogen-bond acceptors (Lipinski definition) is 2. The van der Waals surface area contributed by atoms with Gasteiger partial charge >= 0.3 is 0 Å². The van der Waals surface area contributed by atoms with Crippen molar-refractivity contribution in [2.45, 2.75) is 57.9 Å². The fourth-order valence-corrected chi connectivity index (χ4v) is 4.63. The first-order valence-corrected chi connectivity index (χ1v) is 8.24. The predicted octanol–water partition coefficient (Wildman–Crippen LogP) is 2.41. The van der Waals surface area contributed by atoms with Gasteiger partial charge in [-0.05, 0) is 69.9 Å². The second-order valence-corrected chi connectivity index (χ2v) is 7.03. The van der Waals surface area contributed by atoms with Crippen LogP contribution in [0.4, 0.5) is 0 Å². The monoisotopic (exact) mass is 264 g/mol. The molecule has 2 saturated carbocycles.